The summed E-state index contributed by atoms with van der Waals surface area (Å²) in [6.45, 7) is 0.562. The van der Waals surface area contributed by atoms with E-state index in [1.165, 1.54) is 12.8 Å². The van der Waals surface area contributed by atoms with Gasteiger partial charge in [-0.3, -0.25) is 4.74 Å². The van der Waals surface area contributed by atoms with Crippen LogP contribution in [0, 0.1) is 0 Å². The van der Waals surface area contributed by atoms with Crippen LogP contribution in [0.25, 0.3) is 0 Å². The fourth-order valence-corrected chi connectivity index (χ4v) is 1.62. The average Bonchev–Trinajstić information content (AvgIpc) is 2.95. The van der Waals surface area contributed by atoms with Gasteiger partial charge >= 0.3 is 6.36 Å². The predicted octanol–water partition coefficient (Wildman–Crippen LogP) is 2.28. The van der Waals surface area contributed by atoms with Gasteiger partial charge in [-0.2, -0.15) is 0 Å². The van der Waals surface area contributed by atoms with Crippen molar-refractivity contribution in [2.75, 3.05) is 6.61 Å². The molecular formula is C11H15F3N2O. The number of ether oxygens (including phenoxy) is 1. The largest absolute Gasteiger partial charge is 0.522 e. The molecule has 1 heterocycles. The Balaban J connectivity index is 1.76. The van der Waals surface area contributed by atoms with Crippen LogP contribution in [0.3, 0.4) is 0 Å². The van der Waals surface area contributed by atoms with E-state index < -0.39 is 6.36 Å². The normalized spacial score (nSPS) is 16.4. The molecular weight excluding hydrogens is 233 g/mol. The Bertz CT molecular complexity index is 358. The van der Waals surface area contributed by atoms with Gasteiger partial charge in [-0.15, -0.1) is 13.2 Å². The summed E-state index contributed by atoms with van der Waals surface area (Å²) in [7, 11) is 0. The van der Waals surface area contributed by atoms with Crippen molar-refractivity contribution in [2.24, 2.45) is 0 Å². The molecule has 1 aromatic rings. The van der Waals surface area contributed by atoms with Crippen molar-refractivity contribution in [1.82, 2.24) is 9.88 Å². The molecule has 3 nitrogen and oxygen atoms in total. The average molecular weight is 248 g/mol. The van der Waals surface area contributed by atoms with Crippen LogP contribution in [0.2, 0.25) is 0 Å². The van der Waals surface area contributed by atoms with Gasteiger partial charge in [-0.25, -0.2) is 0 Å². The van der Waals surface area contributed by atoms with Crippen molar-refractivity contribution in [3.05, 3.63) is 24.0 Å². The SMILES string of the molecule is FC(F)(F)OCCn1cccc1CNC1CC1. The van der Waals surface area contributed by atoms with Crippen LogP contribution in [0.15, 0.2) is 18.3 Å². The van der Waals surface area contributed by atoms with Gasteiger partial charge < -0.3 is 9.88 Å². The second-order valence-corrected chi connectivity index (χ2v) is 4.14. The summed E-state index contributed by atoms with van der Waals surface area (Å²) in [6, 6.07) is 4.32. The van der Waals surface area contributed by atoms with Crippen LogP contribution in [-0.4, -0.2) is 23.6 Å². The van der Waals surface area contributed by atoms with Gasteiger partial charge in [0.05, 0.1) is 6.61 Å². The van der Waals surface area contributed by atoms with Crippen molar-refractivity contribution in [3.8, 4) is 0 Å². The van der Waals surface area contributed by atoms with E-state index >= 15 is 0 Å². The fourth-order valence-electron chi connectivity index (χ4n) is 1.62. The first-order valence-corrected chi connectivity index (χ1v) is 5.63. The molecule has 1 N–H and O–H groups in total. The van der Waals surface area contributed by atoms with E-state index in [4.69, 9.17) is 0 Å². The Hall–Kier alpha value is -1.01. The Morgan fingerprint density at radius 1 is 1.41 bits per heavy atom. The molecule has 1 aliphatic rings. The molecule has 6 heteroatoms. The summed E-state index contributed by atoms with van der Waals surface area (Å²) >= 11 is 0. The lowest BCUT2D eigenvalue weighted by molar-refractivity contribution is -0.325. The molecule has 0 amide bonds. The quantitative estimate of drug-likeness (QED) is 0.835. The van der Waals surface area contributed by atoms with Crippen molar-refractivity contribution >= 4 is 0 Å². The van der Waals surface area contributed by atoms with Gasteiger partial charge in [-0.05, 0) is 25.0 Å². The maximum atomic E-state index is 11.8. The summed E-state index contributed by atoms with van der Waals surface area (Å²) in [5.74, 6) is 0. The second kappa shape index (κ2) is 5.10. The third-order valence-corrected chi connectivity index (χ3v) is 2.67. The molecule has 0 bridgehead atoms. The number of halogens is 3. The highest BCUT2D eigenvalue weighted by atomic mass is 19.4. The van der Waals surface area contributed by atoms with E-state index in [-0.39, 0.29) is 13.2 Å². The van der Waals surface area contributed by atoms with E-state index in [0.717, 1.165) is 5.69 Å². The van der Waals surface area contributed by atoms with E-state index in [2.05, 4.69) is 10.1 Å². The second-order valence-electron chi connectivity index (χ2n) is 4.14. The first kappa shape index (κ1) is 12.4. The summed E-state index contributed by atoms with van der Waals surface area (Å²) in [5.41, 5.74) is 0.989. The van der Waals surface area contributed by atoms with Crippen molar-refractivity contribution in [2.45, 2.75) is 38.3 Å². The van der Waals surface area contributed by atoms with E-state index in [0.29, 0.717) is 12.6 Å². The molecule has 0 spiro atoms. The topological polar surface area (TPSA) is 26.2 Å². The molecule has 1 saturated carbocycles. The number of aromatic nitrogens is 1. The molecule has 0 saturated heterocycles. The highest BCUT2D eigenvalue weighted by Gasteiger charge is 2.28. The van der Waals surface area contributed by atoms with Gasteiger partial charge in [0.2, 0.25) is 0 Å². The van der Waals surface area contributed by atoms with Crippen molar-refractivity contribution in [3.63, 3.8) is 0 Å². The Morgan fingerprint density at radius 3 is 2.82 bits per heavy atom. The number of hydrogen-bond donors (Lipinski definition) is 1. The van der Waals surface area contributed by atoms with E-state index in [9.17, 15) is 13.2 Å². The third-order valence-electron chi connectivity index (χ3n) is 2.67. The number of nitrogens with zero attached hydrogens (tertiary/aromatic N) is 1. The van der Waals surface area contributed by atoms with Gasteiger partial charge in [0, 0.05) is 31.0 Å². The smallest absolute Gasteiger partial charge is 0.348 e. The lowest BCUT2D eigenvalue weighted by atomic mass is 10.4. The van der Waals surface area contributed by atoms with Crippen LogP contribution in [0.5, 0.6) is 0 Å². The van der Waals surface area contributed by atoms with Crippen LogP contribution in [0.1, 0.15) is 18.5 Å². The number of hydrogen-bond acceptors (Lipinski definition) is 2. The molecule has 0 radical (unpaired) electrons. The summed E-state index contributed by atoms with van der Waals surface area (Å²) in [6.07, 6.45) is -0.390. The maximum Gasteiger partial charge on any atom is 0.522 e. The van der Waals surface area contributed by atoms with Crippen LogP contribution >= 0.6 is 0 Å². The minimum absolute atomic E-state index is 0.216. The minimum Gasteiger partial charge on any atom is -0.348 e. The number of nitrogens with one attached hydrogen (secondary N) is 1. The van der Waals surface area contributed by atoms with Crippen molar-refractivity contribution < 1.29 is 17.9 Å². The van der Waals surface area contributed by atoms with E-state index in [1.807, 2.05) is 12.1 Å². The lowest BCUT2D eigenvalue weighted by Gasteiger charge is -2.11. The first-order valence-electron chi connectivity index (χ1n) is 5.63. The lowest BCUT2D eigenvalue weighted by Crippen LogP contribution is -2.21. The van der Waals surface area contributed by atoms with Gasteiger partial charge in [0.15, 0.2) is 0 Å². The molecule has 0 unspecified atom stereocenters. The molecule has 2 rings (SSSR count). The standard InChI is InChI=1S/C11H15F3N2O/c12-11(13,14)17-7-6-16-5-1-2-10(16)8-15-9-3-4-9/h1-2,5,9,15H,3-4,6-8H2. The third kappa shape index (κ3) is 4.40. The predicted molar refractivity (Wildman–Crippen MR) is 56.3 cm³/mol. The molecule has 96 valence electrons. The monoisotopic (exact) mass is 248 g/mol. The Labute approximate surface area is 97.6 Å². The minimum atomic E-state index is -4.54. The van der Waals surface area contributed by atoms with Crippen molar-refractivity contribution in [1.29, 1.82) is 0 Å². The summed E-state index contributed by atoms with van der Waals surface area (Å²) < 4.78 is 40.9. The fraction of sp³-hybridized carbons (Fsp3) is 0.636. The Kier molecular flexibility index (Phi) is 3.73. The first-order chi connectivity index (χ1) is 8.04. The highest BCUT2D eigenvalue weighted by molar-refractivity contribution is 5.07. The zero-order chi connectivity index (χ0) is 12.3. The molecule has 0 aromatic carbocycles. The van der Waals surface area contributed by atoms with Gasteiger partial charge in [-0.1, -0.05) is 0 Å². The highest BCUT2D eigenvalue weighted by Crippen LogP contribution is 2.19. The van der Waals surface area contributed by atoms with Gasteiger partial charge in [0.1, 0.15) is 0 Å². The van der Waals surface area contributed by atoms with Crippen LogP contribution in [0.4, 0.5) is 13.2 Å². The summed E-state index contributed by atoms with van der Waals surface area (Å²) in [4.78, 5) is 0. The molecule has 1 aliphatic carbocycles. The van der Waals surface area contributed by atoms with Crippen LogP contribution < -0.4 is 5.32 Å². The van der Waals surface area contributed by atoms with Gasteiger partial charge in [0.25, 0.3) is 0 Å². The van der Waals surface area contributed by atoms with Crippen LogP contribution in [-0.2, 0) is 17.8 Å². The molecule has 17 heavy (non-hydrogen) atoms. The molecule has 1 fully saturated rings. The molecule has 1 aromatic heterocycles. The molecule has 0 atom stereocenters. The van der Waals surface area contributed by atoms with E-state index in [1.54, 1.807) is 10.8 Å². The Morgan fingerprint density at radius 2 is 2.18 bits per heavy atom. The number of alkyl halides is 3. The zero-order valence-corrected chi connectivity index (χ0v) is 9.33. The summed E-state index contributed by atoms with van der Waals surface area (Å²) in [5, 5.41) is 3.32. The maximum absolute atomic E-state index is 11.8. The number of rotatable bonds is 6. The molecule has 0 aliphatic heterocycles. The zero-order valence-electron chi connectivity index (χ0n) is 9.33.